The molecule has 156 valence electrons. The molecule has 1 aliphatic heterocycles. The SMILES string of the molecule is C=CCN1C(=O)/C(=C/c2cccnc2OCC)N(C)C(=O)C1(C)Cc1ccccc1. The van der Waals surface area contributed by atoms with Crippen molar-refractivity contribution in [3.8, 4) is 5.88 Å². The average molecular weight is 405 g/mol. The Labute approximate surface area is 177 Å². The Morgan fingerprint density at radius 2 is 1.90 bits per heavy atom. The number of benzene rings is 1. The van der Waals surface area contributed by atoms with Crippen LogP contribution < -0.4 is 4.74 Å². The lowest BCUT2D eigenvalue weighted by molar-refractivity contribution is -0.156. The number of amides is 2. The molecule has 0 N–H and O–H groups in total. The number of hydrogen-bond donors (Lipinski definition) is 0. The predicted octanol–water partition coefficient (Wildman–Crippen LogP) is 3.31. The second-order valence-corrected chi connectivity index (χ2v) is 7.37. The minimum absolute atomic E-state index is 0.152. The van der Waals surface area contributed by atoms with Gasteiger partial charge in [-0.05, 0) is 37.6 Å². The number of carbonyl (C=O) groups is 2. The number of nitrogens with zero attached hydrogens (tertiary/aromatic N) is 3. The standard InChI is InChI=1S/C24H27N3O3/c1-5-15-27-22(28)20(16-19-13-10-14-25-21(19)30-6-2)26(4)23(29)24(27,3)17-18-11-8-7-9-12-18/h5,7-14,16H,1,6,15,17H2,2-4H3/b20-16-. The highest BCUT2D eigenvalue weighted by molar-refractivity contribution is 6.09. The third kappa shape index (κ3) is 3.99. The first-order chi connectivity index (χ1) is 14.4. The van der Waals surface area contributed by atoms with Crippen molar-refractivity contribution in [2.45, 2.75) is 25.8 Å². The Morgan fingerprint density at radius 1 is 1.17 bits per heavy atom. The summed E-state index contributed by atoms with van der Waals surface area (Å²) in [7, 11) is 1.64. The van der Waals surface area contributed by atoms with Crippen LogP contribution in [0.4, 0.5) is 0 Å². The van der Waals surface area contributed by atoms with Crippen LogP contribution in [0.1, 0.15) is 25.0 Å². The number of carbonyl (C=O) groups excluding carboxylic acids is 2. The van der Waals surface area contributed by atoms with Crippen LogP contribution in [0.15, 0.2) is 67.0 Å². The normalized spacial score (nSPS) is 20.6. The first-order valence-electron chi connectivity index (χ1n) is 9.96. The zero-order chi connectivity index (χ0) is 21.7. The molecule has 30 heavy (non-hydrogen) atoms. The zero-order valence-electron chi connectivity index (χ0n) is 17.7. The molecule has 1 unspecified atom stereocenters. The number of ether oxygens (including phenoxy) is 1. The minimum Gasteiger partial charge on any atom is -0.478 e. The van der Waals surface area contributed by atoms with Gasteiger partial charge in [0, 0.05) is 31.8 Å². The molecule has 1 aromatic heterocycles. The summed E-state index contributed by atoms with van der Waals surface area (Å²) in [6.45, 7) is 8.19. The van der Waals surface area contributed by atoms with E-state index in [0.29, 0.717) is 24.5 Å². The summed E-state index contributed by atoms with van der Waals surface area (Å²) in [6.07, 6.45) is 5.36. The molecule has 2 heterocycles. The second-order valence-electron chi connectivity index (χ2n) is 7.37. The maximum absolute atomic E-state index is 13.5. The van der Waals surface area contributed by atoms with Gasteiger partial charge in [0.2, 0.25) is 5.88 Å². The fraction of sp³-hybridized carbons (Fsp3) is 0.292. The molecular formula is C24H27N3O3. The monoisotopic (exact) mass is 405 g/mol. The van der Waals surface area contributed by atoms with Gasteiger partial charge in [-0.2, -0.15) is 0 Å². The van der Waals surface area contributed by atoms with Gasteiger partial charge in [0.05, 0.1) is 6.61 Å². The van der Waals surface area contributed by atoms with E-state index in [1.165, 1.54) is 4.90 Å². The van der Waals surface area contributed by atoms with E-state index in [2.05, 4.69) is 11.6 Å². The van der Waals surface area contributed by atoms with Crippen molar-refractivity contribution in [1.82, 2.24) is 14.8 Å². The molecule has 6 nitrogen and oxygen atoms in total. The molecule has 3 rings (SSSR count). The maximum atomic E-state index is 13.5. The molecule has 6 heteroatoms. The largest absolute Gasteiger partial charge is 0.478 e. The molecule has 2 amide bonds. The second kappa shape index (κ2) is 8.95. The Morgan fingerprint density at radius 3 is 2.57 bits per heavy atom. The molecule has 2 aromatic rings. The highest BCUT2D eigenvalue weighted by atomic mass is 16.5. The van der Waals surface area contributed by atoms with E-state index < -0.39 is 5.54 Å². The van der Waals surface area contributed by atoms with Crippen molar-refractivity contribution >= 4 is 17.9 Å². The lowest BCUT2D eigenvalue weighted by Gasteiger charge is -2.47. The van der Waals surface area contributed by atoms with E-state index in [0.717, 1.165) is 5.56 Å². The smallest absolute Gasteiger partial charge is 0.271 e. The van der Waals surface area contributed by atoms with Gasteiger partial charge in [-0.3, -0.25) is 9.59 Å². The predicted molar refractivity (Wildman–Crippen MR) is 117 cm³/mol. The average Bonchev–Trinajstić information content (AvgIpc) is 2.75. The Bertz CT molecular complexity index is 971. The van der Waals surface area contributed by atoms with Gasteiger partial charge in [0.15, 0.2) is 0 Å². The maximum Gasteiger partial charge on any atom is 0.271 e. The Hall–Kier alpha value is -3.41. The van der Waals surface area contributed by atoms with Crippen LogP contribution in [0, 0.1) is 0 Å². The lowest BCUT2D eigenvalue weighted by atomic mass is 9.86. The molecule has 1 saturated heterocycles. The van der Waals surface area contributed by atoms with Crippen molar-refractivity contribution < 1.29 is 14.3 Å². The summed E-state index contributed by atoms with van der Waals surface area (Å²) < 4.78 is 5.57. The molecule has 1 aromatic carbocycles. The van der Waals surface area contributed by atoms with Gasteiger partial charge >= 0.3 is 0 Å². The highest BCUT2D eigenvalue weighted by Gasteiger charge is 2.49. The van der Waals surface area contributed by atoms with Crippen molar-refractivity contribution in [3.63, 3.8) is 0 Å². The number of pyridine rings is 1. The molecule has 0 bridgehead atoms. The van der Waals surface area contributed by atoms with Gasteiger partial charge in [0.1, 0.15) is 11.2 Å². The highest BCUT2D eigenvalue weighted by Crippen LogP contribution is 2.33. The first kappa shape index (κ1) is 21.3. The van der Waals surface area contributed by atoms with Crippen LogP contribution in [0.5, 0.6) is 5.88 Å². The third-order valence-electron chi connectivity index (χ3n) is 5.26. The quantitative estimate of drug-likeness (QED) is 0.524. The number of rotatable bonds is 7. The van der Waals surface area contributed by atoms with Gasteiger partial charge < -0.3 is 14.5 Å². The van der Waals surface area contributed by atoms with E-state index >= 15 is 0 Å². The van der Waals surface area contributed by atoms with E-state index in [9.17, 15) is 9.59 Å². The lowest BCUT2D eigenvalue weighted by Crippen LogP contribution is -2.65. The topological polar surface area (TPSA) is 62.7 Å². The van der Waals surface area contributed by atoms with E-state index in [1.807, 2.05) is 50.2 Å². The molecule has 0 aliphatic carbocycles. The van der Waals surface area contributed by atoms with Gasteiger partial charge in [-0.1, -0.05) is 36.4 Å². The Balaban J connectivity index is 2.04. The number of aromatic nitrogens is 1. The van der Waals surface area contributed by atoms with Crippen LogP contribution >= 0.6 is 0 Å². The fourth-order valence-electron chi connectivity index (χ4n) is 3.75. The molecule has 1 fully saturated rings. The number of likely N-dealkylation sites (N-methyl/N-ethyl adjacent to an activating group) is 1. The van der Waals surface area contributed by atoms with Gasteiger partial charge in [0.25, 0.3) is 11.8 Å². The molecule has 0 spiro atoms. The summed E-state index contributed by atoms with van der Waals surface area (Å²) >= 11 is 0. The summed E-state index contributed by atoms with van der Waals surface area (Å²) in [6, 6.07) is 13.3. The van der Waals surface area contributed by atoms with Crippen LogP contribution in [-0.2, 0) is 16.0 Å². The summed E-state index contributed by atoms with van der Waals surface area (Å²) in [5.74, 6) is 0.0386. The van der Waals surface area contributed by atoms with Crippen LogP contribution in [0.2, 0.25) is 0 Å². The molecule has 1 atom stereocenters. The van der Waals surface area contributed by atoms with Crippen molar-refractivity contribution in [1.29, 1.82) is 0 Å². The zero-order valence-corrected chi connectivity index (χ0v) is 17.7. The summed E-state index contributed by atoms with van der Waals surface area (Å²) in [4.78, 5) is 34.3. The molecule has 0 radical (unpaired) electrons. The van der Waals surface area contributed by atoms with E-state index in [4.69, 9.17) is 4.74 Å². The third-order valence-corrected chi connectivity index (χ3v) is 5.26. The van der Waals surface area contributed by atoms with Gasteiger partial charge in [-0.15, -0.1) is 6.58 Å². The summed E-state index contributed by atoms with van der Waals surface area (Å²) in [5.41, 5.74) is 0.895. The van der Waals surface area contributed by atoms with Crippen molar-refractivity contribution in [3.05, 3.63) is 78.1 Å². The fourth-order valence-corrected chi connectivity index (χ4v) is 3.75. The van der Waals surface area contributed by atoms with E-state index in [1.54, 1.807) is 36.4 Å². The molecule has 1 aliphatic rings. The van der Waals surface area contributed by atoms with E-state index in [-0.39, 0.29) is 24.1 Å². The van der Waals surface area contributed by atoms with Crippen molar-refractivity contribution in [2.24, 2.45) is 0 Å². The molecular weight excluding hydrogens is 378 g/mol. The number of hydrogen-bond acceptors (Lipinski definition) is 4. The van der Waals surface area contributed by atoms with Crippen LogP contribution in [0.25, 0.3) is 6.08 Å². The van der Waals surface area contributed by atoms with Gasteiger partial charge in [-0.25, -0.2) is 4.98 Å². The summed E-state index contributed by atoms with van der Waals surface area (Å²) in [5, 5.41) is 0. The number of piperazine rings is 1. The van der Waals surface area contributed by atoms with Crippen LogP contribution in [-0.4, -0.2) is 52.3 Å². The minimum atomic E-state index is -1.02. The molecule has 0 saturated carbocycles. The van der Waals surface area contributed by atoms with Crippen molar-refractivity contribution in [2.75, 3.05) is 20.2 Å². The van der Waals surface area contributed by atoms with Crippen LogP contribution in [0.3, 0.4) is 0 Å². The Kier molecular flexibility index (Phi) is 6.35. The first-order valence-corrected chi connectivity index (χ1v) is 9.96.